The van der Waals surface area contributed by atoms with Gasteiger partial charge in [0.05, 0.1) is 5.69 Å². The van der Waals surface area contributed by atoms with Gasteiger partial charge in [-0.15, -0.1) is 11.3 Å². The van der Waals surface area contributed by atoms with Gasteiger partial charge in [-0.25, -0.2) is 4.98 Å². The van der Waals surface area contributed by atoms with Crippen LogP contribution in [0, 0.1) is 6.92 Å². The zero-order chi connectivity index (χ0) is 11.8. The Morgan fingerprint density at radius 3 is 2.94 bits per heavy atom. The lowest BCUT2D eigenvalue weighted by Gasteiger charge is -1.99. The van der Waals surface area contributed by atoms with Gasteiger partial charge in [0.2, 0.25) is 0 Å². The molecule has 2 heterocycles. The molecule has 0 aliphatic heterocycles. The number of aryl methyl sites for hydroxylation is 1. The molecule has 0 spiro atoms. The van der Waals surface area contributed by atoms with E-state index < -0.39 is 0 Å². The second-order valence-corrected chi connectivity index (χ2v) is 5.58. The van der Waals surface area contributed by atoms with E-state index >= 15 is 0 Å². The zero-order valence-electron chi connectivity index (χ0n) is 9.81. The van der Waals surface area contributed by atoms with Crippen molar-refractivity contribution in [2.75, 3.05) is 0 Å². The Labute approximate surface area is 105 Å². The molecule has 0 atom stereocenters. The summed E-state index contributed by atoms with van der Waals surface area (Å²) in [5.74, 6) is 0.663. The first kappa shape index (κ1) is 10.9. The van der Waals surface area contributed by atoms with Gasteiger partial charge in [-0.2, -0.15) is 0 Å². The lowest BCUT2D eigenvalue weighted by molar-refractivity contribution is 0.979. The fraction of sp³-hybridized carbons (Fsp3) is 0.385. The third-order valence-corrected chi connectivity index (χ3v) is 4.27. The van der Waals surface area contributed by atoms with Crippen molar-refractivity contribution in [1.82, 2.24) is 9.97 Å². The summed E-state index contributed by atoms with van der Waals surface area (Å²) in [6.07, 6.45) is 6.24. The molecule has 17 heavy (non-hydrogen) atoms. The molecule has 1 aliphatic rings. The summed E-state index contributed by atoms with van der Waals surface area (Å²) in [4.78, 5) is 10.2. The van der Waals surface area contributed by atoms with Crippen LogP contribution in [0.2, 0.25) is 0 Å². The molecule has 0 saturated heterocycles. The topological polar surface area (TPSA) is 51.8 Å². The molecule has 4 heteroatoms. The highest BCUT2D eigenvalue weighted by Gasteiger charge is 2.29. The van der Waals surface area contributed by atoms with E-state index in [1.54, 1.807) is 11.3 Å². The summed E-state index contributed by atoms with van der Waals surface area (Å²) in [6.45, 7) is 2.69. The van der Waals surface area contributed by atoms with E-state index in [-0.39, 0.29) is 0 Å². The molecule has 0 unspecified atom stereocenters. The van der Waals surface area contributed by atoms with Crippen molar-refractivity contribution in [3.8, 4) is 10.6 Å². The van der Waals surface area contributed by atoms with Crippen LogP contribution in [0.25, 0.3) is 10.6 Å². The van der Waals surface area contributed by atoms with Gasteiger partial charge in [0.15, 0.2) is 0 Å². The Morgan fingerprint density at radius 1 is 1.47 bits per heavy atom. The Kier molecular flexibility index (Phi) is 2.68. The predicted molar refractivity (Wildman–Crippen MR) is 69.9 cm³/mol. The Hall–Kier alpha value is -1.26. The first-order chi connectivity index (χ1) is 8.29. The molecule has 0 amide bonds. The maximum absolute atomic E-state index is 5.80. The Bertz CT molecular complexity index is 543. The van der Waals surface area contributed by atoms with E-state index in [0.29, 0.717) is 12.5 Å². The minimum atomic E-state index is 0.600. The van der Waals surface area contributed by atoms with Gasteiger partial charge in [-0.3, -0.25) is 4.98 Å². The molecule has 1 aliphatic carbocycles. The number of hydrogen-bond donors (Lipinski definition) is 1. The summed E-state index contributed by atoms with van der Waals surface area (Å²) in [5, 5.41) is 1.07. The standard InChI is InChI=1S/C13H15N3S/c1-8-4-5-15-7-10(8)13-16-12(9-2-3-9)11(6-14)17-13/h4-5,7,9H,2-3,6,14H2,1H3. The van der Waals surface area contributed by atoms with Crippen LogP contribution in [0.15, 0.2) is 18.5 Å². The molecule has 2 aromatic heterocycles. The average molecular weight is 245 g/mol. The van der Waals surface area contributed by atoms with Crippen molar-refractivity contribution in [1.29, 1.82) is 0 Å². The van der Waals surface area contributed by atoms with Crippen LogP contribution in [0.3, 0.4) is 0 Å². The number of nitrogens with two attached hydrogens (primary N) is 1. The van der Waals surface area contributed by atoms with Crippen LogP contribution in [-0.4, -0.2) is 9.97 Å². The number of nitrogens with zero attached hydrogens (tertiary/aromatic N) is 2. The van der Waals surface area contributed by atoms with Gasteiger partial charge < -0.3 is 5.73 Å². The van der Waals surface area contributed by atoms with Crippen molar-refractivity contribution in [2.24, 2.45) is 5.73 Å². The maximum atomic E-state index is 5.80. The van der Waals surface area contributed by atoms with E-state index in [4.69, 9.17) is 10.7 Å². The Balaban J connectivity index is 2.06. The van der Waals surface area contributed by atoms with Gasteiger partial charge in [0.25, 0.3) is 0 Å². The third-order valence-electron chi connectivity index (χ3n) is 3.15. The molecule has 88 valence electrons. The van der Waals surface area contributed by atoms with Crippen molar-refractivity contribution < 1.29 is 0 Å². The summed E-state index contributed by atoms with van der Waals surface area (Å²) >= 11 is 1.72. The largest absolute Gasteiger partial charge is 0.326 e. The quantitative estimate of drug-likeness (QED) is 0.904. The van der Waals surface area contributed by atoms with Crippen LogP contribution in [0.5, 0.6) is 0 Å². The van der Waals surface area contributed by atoms with Crippen LogP contribution in [0.1, 0.15) is 34.9 Å². The second-order valence-electron chi connectivity index (χ2n) is 4.50. The molecule has 0 aromatic carbocycles. The molecule has 2 N–H and O–H groups in total. The number of aromatic nitrogens is 2. The minimum absolute atomic E-state index is 0.600. The SMILES string of the molecule is Cc1ccncc1-c1nc(C2CC2)c(CN)s1. The molecule has 0 radical (unpaired) electrons. The summed E-state index contributed by atoms with van der Waals surface area (Å²) < 4.78 is 0. The average Bonchev–Trinajstić information content (AvgIpc) is 3.10. The van der Waals surface area contributed by atoms with Crippen molar-refractivity contribution >= 4 is 11.3 Å². The van der Waals surface area contributed by atoms with E-state index in [9.17, 15) is 0 Å². The summed E-state index contributed by atoms with van der Waals surface area (Å²) in [6, 6.07) is 2.02. The van der Waals surface area contributed by atoms with E-state index in [2.05, 4.69) is 11.9 Å². The van der Waals surface area contributed by atoms with Crippen molar-refractivity contribution in [2.45, 2.75) is 32.2 Å². The van der Waals surface area contributed by atoms with Crippen LogP contribution >= 0.6 is 11.3 Å². The smallest absolute Gasteiger partial charge is 0.125 e. The fourth-order valence-electron chi connectivity index (χ4n) is 1.99. The molecule has 3 nitrogen and oxygen atoms in total. The molecular weight excluding hydrogens is 230 g/mol. The summed E-state index contributed by atoms with van der Waals surface area (Å²) in [7, 11) is 0. The van der Waals surface area contributed by atoms with E-state index in [1.807, 2.05) is 18.5 Å². The normalized spacial score (nSPS) is 15.2. The number of pyridine rings is 1. The lowest BCUT2D eigenvalue weighted by atomic mass is 10.2. The highest BCUT2D eigenvalue weighted by Crippen LogP contribution is 2.44. The van der Waals surface area contributed by atoms with Gasteiger partial charge >= 0.3 is 0 Å². The van der Waals surface area contributed by atoms with E-state index in [0.717, 1.165) is 10.6 Å². The predicted octanol–water partition coefficient (Wildman–Crippen LogP) is 2.85. The highest BCUT2D eigenvalue weighted by atomic mass is 32.1. The first-order valence-corrected chi connectivity index (χ1v) is 6.72. The van der Waals surface area contributed by atoms with Crippen LogP contribution in [0.4, 0.5) is 0 Å². The molecule has 1 saturated carbocycles. The van der Waals surface area contributed by atoms with Crippen molar-refractivity contribution in [3.63, 3.8) is 0 Å². The number of thiazole rings is 1. The van der Waals surface area contributed by atoms with Crippen molar-refractivity contribution in [3.05, 3.63) is 34.6 Å². The second kappa shape index (κ2) is 4.20. The highest BCUT2D eigenvalue weighted by molar-refractivity contribution is 7.15. The van der Waals surface area contributed by atoms with Gasteiger partial charge in [-0.1, -0.05) is 0 Å². The van der Waals surface area contributed by atoms with Crippen LogP contribution < -0.4 is 5.73 Å². The molecule has 0 bridgehead atoms. The molecular formula is C13H15N3S. The van der Waals surface area contributed by atoms with Gasteiger partial charge in [0.1, 0.15) is 5.01 Å². The number of rotatable bonds is 3. The monoisotopic (exact) mass is 245 g/mol. The van der Waals surface area contributed by atoms with E-state index in [1.165, 1.54) is 29.0 Å². The molecule has 3 rings (SSSR count). The van der Waals surface area contributed by atoms with Gasteiger partial charge in [-0.05, 0) is 31.4 Å². The zero-order valence-corrected chi connectivity index (χ0v) is 10.6. The minimum Gasteiger partial charge on any atom is -0.326 e. The third kappa shape index (κ3) is 1.98. The van der Waals surface area contributed by atoms with Crippen LogP contribution in [-0.2, 0) is 6.54 Å². The molecule has 2 aromatic rings. The molecule has 1 fully saturated rings. The number of hydrogen-bond acceptors (Lipinski definition) is 4. The first-order valence-electron chi connectivity index (χ1n) is 5.90. The fourth-order valence-corrected chi connectivity index (χ4v) is 3.09. The lowest BCUT2D eigenvalue weighted by Crippen LogP contribution is -1.96. The van der Waals surface area contributed by atoms with Gasteiger partial charge in [0, 0.05) is 35.3 Å². The summed E-state index contributed by atoms with van der Waals surface area (Å²) in [5.41, 5.74) is 9.39. The Morgan fingerprint density at radius 2 is 2.29 bits per heavy atom. The maximum Gasteiger partial charge on any atom is 0.125 e.